The molecule has 4 heteroatoms. The van der Waals surface area contributed by atoms with E-state index in [1.54, 1.807) is 0 Å². The fourth-order valence-corrected chi connectivity index (χ4v) is 2.80. The van der Waals surface area contributed by atoms with Crippen LogP contribution in [0.25, 0.3) is 0 Å². The maximum absolute atomic E-state index is 11.9. The second-order valence-corrected chi connectivity index (χ2v) is 6.55. The van der Waals surface area contributed by atoms with Crippen LogP contribution < -0.4 is 10.6 Å². The maximum atomic E-state index is 11.9. The second kappa shape index (κ2) is 5.54. The van der Waals surface area contributed by atoms with Crippen molar-refractivity contribution >= 4 is 5.91 Å². The number of nitrogens with one attached hydrogen (secondary N) is 2. The Balaban J connectivity index is 2.06. The fraction of sp³-hybridized carbons (Fsp3) is 0.562. The molecule has 2 rings (SSSR count). The van der Waals surface area contributed by atoms with Gasteiger partial charge in [-0.15, -0.1) is 0 Å². The molecule has 0 spiro atoms. The molecular formula is C16H24N2O2. The Bertz CT molecular complexity index is 493. The first-order valence-electron chi connectivity index (χ1n) is 7.12. The molecule has 0 radical (unpaired) electrons. The summed E-state index contributed by atoms with van der Waals surface area (Å²) in [7, 11) is 0. The molecule has 1 aliphatic rings. The van der Waals surface area contributed by atoms with Crippen LogP contribution in [0.1, 0.15) is 38.3 Å². The average Bonchev–Trinajstić information content (AvgIpc) is 2.74. The van der Waals surface area contributed by atoms with Crippen LogP contribution in [0.4, 0.5) is 0 Å². The summed E-state index contributed by atoms with van der Waals surface area (Å²) in [6.45, 7) is 6.09. The zero-order valence-electron chi connectivity index (χ0n) is 12.5. The van der Waals surface area contributed by atoms with Gasteiger partial charge in [-0.2, -0.15) is 0 Å². The number of rotatable bonds is 4. The molecular weight excluding hydrogens is 252 g/mol. The predicted octanol–water partition coefficient (Wildman–Crippen LogP) is 1.32. The Morgan fingerprint density at radius 2 is 2.05 bits per heavy atom. The zero-order valence-corrected chi connectivity index (χ0v) is 12.5. The van der Waals surface area contributed by atoms with E-state index in [9.17, 15) is 9.90 Å². The number of benzene rings is 1. The second-order valence-electron chi connectivity index (χ2n) is 6.55. The molecule has 1 aliphatic carbocycles. The minimum Gasteiger partial charge on any atom is -0.394 e. The highest BCUT2D eigenvalue weighted by Gasteiger charge is 2.38. The molecule has 4 nitrogen and oxygen atoms in total. The highest BCUT2D eigenvalue weighted by atomic mass is 16.3. The summed E-state index contributed by atoms with van der Waals surface area (Å²) < 4.78 is 0. The number of aliphatic hydroxyl groups excluding tert-OH is 1. The van der Waals surface area contributed by atoms with Crippen molar-refractivity contribution < 1.29 is 9.90 Å². The third kappa shape index (κ3) is 3.19. The number of carbonyl (C=O) groups excluding carboxylic acids is 1. The van der Waals surface area contributed by atoms with Crippen molar-refractivity contribution in [2.75, 3.05) is 13.2 Å². The molecule has 0 aromatic heterocycles. The zero-order chi connectivity index (χ0) is 14.8. The molecule has 20 heavy (non-hydrogen) atoms. The topological polar surface area (TPSA) is 61.4 Å². The van der Waals surface area contributed by atoms with Crippen LogP contribution in [-0.2, 0) is 16.8 Å². The predicted molar refractivity (Wildman–Crippen MR) is 79.4 cm³/mol. The summed E-state index contributed by atoms with van der Waals surface area (Å²) in [5, 5.41) is 16.0. The van der Waals surface area contributed by atoms with Crippen molar-refractivity contribution in [3.63, 3.8) is 0 Å². The van der Waals surface area contributed by atoms with Crippen LogP contribution in [0.5, 0.6) is 0 Å². The summed E-state index contributed by atoms with van der Waals surface area (Å²) in [5.74, 6) is -0.0466. The van der Waals surface area contributed by atoms with Crippen molar-refractivity contribution in [1.82, 2.24) is 10.6 Å². The molecule has 0 aliphatic heterocycles. The van der Waals surface area contributed by atoms with Crippen molar-refractivity contribution in [3.05, 3.63) is 35.4 Å². The highest BCUT2D eigenvalue weighted by molar-refractivity contribution is 5.78. The molecule has 1 aromatic rings. The van der Waals surface area contributed by atoms with Gasteiger partial charge in [0.15, 0.2) is 0 Å². The third-order valence-corrected chi connectivity index (χ3v) is 3.73. The number of hydrogen-bond acceptors (Lipinski definition) is 3. The Labute approximate surface area is 120 Å². The Morgan fingerprint density at radius 3 is 2.70 bits per heavy atom. The molecule has 0 bridgehead atoms. The van der Waals surface area contributed by atoms with E-state index in [0.29, 0.717) is 0 Å². The quantitative estimate of drug-likeness (QED) is 0.777. The van der Waals surface area contributed by atoms with Crippen LogP contribution in [0.15, 0.2) is 24.3 Å². The largest absolute Gasteiger partial charge is 0.394 e. The number of aliphatic hydroxyl groups is 1. The minimum absolute atomic E-state index is 0.00676. The van der Waals surface area contributed by atoms with Gasteiger partial charge < -0.3 is 10.4 Å². The van der Waals surface area contributed by atoms with E-state index in [4.69, 9.17) is 0 Å². The lowest BCUT2D eigenvalue weighted by atomic mass is 9.92. The van der Waals surface area contributed by atoms with E-state index in [-0.39, 0.29) is 24.6 Å². The van der Waals surface area contributed by atoms with Gasteiger partial charge in [-0.3, -0.25) is 10.1 Å². The molecule has 1 unspecified atom stereocenters. The normalized spacial score (nSPS) is 21.6. The van der Waals surface area contributed by atoms with E-state index in [2.05, 4.69) is 16.7 Å². The number of aryl methyl sites for hydroxylation is 1. The molecule has 0 saturated heterocycles. The van der Waals surface area contributed by atoms with E-state index >= 15 is 0 Å². The number of hydrogen-bond donors (Lipinski definition) is 3. The average molecular weight is 276 g/mol. The smallest absolute Gasteiger partial charge is 0.234 e. The Hall–Kier alpha value is -1.39. The minimum atomic E-state index is -0.480. The summed E-state index contributed by atoms with van der Waals surface area (Å²) >= 11 is 0. The van der Waals surface area contributed by atoms with Crippen molar-refractivity contribution in [2.24, 2.45) is 0 Å². The summed E-state index contributed by atoms with van der Waals surface area (Å²) in [6.07, 6.45) is 1.76. The standard InChI is InChI=1S/C16H24N2O2/c1-15(2,3)18-14(20)10-17-16(11-19)9-8-12-6-4-5-7-13(12)16/h4-7,17,19H,8-11H2,1-3H3,(H,18,20). The van der Waals surface area contributed by atoms with Crippen LogP contribution in [0.2, 0.25) is 0 Å². The molecule has 1 aromatic carbocycles. The molecule has 3 N–H and O–H groups in total. The lowest BCUT2D eigenvalue weighted by molar-refractivity contribution is -0.122. The number of carbonyl (C=O) groups is 1. The SMILES string of the molecule is CC(C)(C)NC(=O)CNC1(CO)CCc2ccccc21. The summed E-state index contributed by atoms with van der Waals surface area (Å²) in [5.41, 5.74) is 1.65. The van der Waals surface area contributed by atoms with Crippen LogP contribution >= 0.6 is 0 Å². The van der Waals surface area contributed by atoms with Crippen molar-refractivity contribution in [1.29, 1.82) is 0 Å². The van der Waals surface area contributed by atoms with E-state index in [1.807, 2.05) is 39.0 Å². The van der Waals surface area contributed by atoms with Gasteiger partial charge in [-0.05, 0) is 44.7 Å². The van der Waals surface area contributed by atoms with Crippen LogP contribution in [0, 0.1) is 0 Å². The molecule has 1 amide bonds. The molecule has 0 fully saturated rings. The molecule has 110 valence electrons. The number of amides is 1. The summed E-state index contributed by atoms with van der Waals surface area (Å²) in [4.78, 5) is 11.9. The van der Waals surface area contributed by atoms with E-state index < -0.39 is 5.54 Å². The van der Waals surface area contributed by atoms with Crippen molar-refractivity contribution in [2.45, 2.75) is 44.7 Å². The fourth-order valence-electron chi connectivity index (χ4n) is 2.80. The first-order chi connectivity index (χ1) is 9.36. The van der Waals surface area contributed by atoms with E-state index in [0.717, 1.165) is 18.4 Å². The van der Waals surface area contributed by atoms with Gasteiger partial charge in [0.2, 0.25) is 5.91 Å². The molecule has 1 atom stereocenters. The van der Waals surface area contributed by atoms with Gasteiger partial charge in [0.25, 0.3) is 0 Å². The monoisotopic (exact) mass is 276 g/mol. The van der Waals surface area contributed by atoms with Crippen LogP contribution in [0.3, 0.4) is 0 Å². The first-order valence-corrected chi connectivity index (χ1v) is 7.12. The Kier molecular flexibility index (Phi) is 4.16. The lowest BCUT2D eigenvalue weighted by Crippen LogP contribution is -2.51. The maximum Gasteiger partial charge on any atom is 0.234 e. The van der Waals surface area contributed by atoms with Crippen LogP contribution in [-0.4, -0.2) is 29.7 Å². The van der Waals surface area contributed by atoms with Gasteiger partial charge in [0.05, 0.1) is 18.7 Å². The molecule has 0 heterocycles. The molecule has 0 saturated carbocycles. The number of fused-ring (bicyclic) bond motifs is 1. The van der Waals surface area contributed by atoms with Crippen molar-refractivity contribution in [3.8, 4) is 0 Å². The summed E-state index contributed by atoms with van der Waals surface area (Å²) in [6, 6.07) is 8.11. The van der Waals surface area contributed by atoms with Gasteiger partial charge in [-0.25, -0.2) is 0 Å². The van der Waals surface area contributed by atoms with E-state index in [1.165, 1.54) is 5.56 Å². The van der Waals surface area contributed by atoms with Gasteiger partial charge in [0, 0.05) is 5.54 Å². The third-order valence-electron chi connectivity index (χ3n) is 3.73. The van der Waals surface area contributed by atoms with Gasteiger partial charge >= 0.3 is 0 Å². The Morgan fingerprint density at radius 1 is 1.35 bits per heavy atom. The van der Waals surface area contributed by atoms with Gasteiger partial charge in [-0.1, -0.05) is 24.3 Å². The van der Waals surface area contributed by atoms with Gasteiger partial charge in [0.1, 0.15) is 0 Å². The lowest BCUT2D eigenvalue weighted by Gasteiger charge is -2.30. The first kappa shape index (κ1) is 15.0. The highest BCUT2D eigenvalue weighted by Crippen LogP contribution is 2.36.